The molecule has 2 unspecified atom stereocenters. The lowest BCUT2D eigenvalue weighted by Gasteiger charge is -2.39. The standard InChI is InChI=1S/C22H29FN4/c1-14-7-8-17(13-19(14)23)21-18-9-11-24-12-10-20(18)25-22(26-21)27-15(2)5-4-6-16(27)3/h7-8,13,15-16,24H,4-6,9-12H2,1-3H3. The quantitative estimate of drug-likeness (QED) is 0.868. The van der Waals surface area contributed by atoms with E-state index in [9.17, 15) is 4.39 Å². The van der Waals surface area contributed by atoms with Gasteiger partial charge in [0, 0.05) is 36.2 Å². The first-order valence-electron chi connectivity index (χ1n) is 10.2. The molecule has 1 fully saturated rings. The van der Waals surface area contributed by atoms with E-state index in [0.29, 0.717) is 17.6 Å². The van der Waals surface area contributed by atoms with Crippen molar-refractivity contribution in [2.45, 2.75) is 65.0 Å². The molecule has 1 aromatic heterocycles. The van der Waals surface area contributed by atoms with Gasteiger partial charge in [0.15, 0.2) is 0 Å². The monoisotopic (exact) mass is 368 g/mol. The molecule has 2 aliphatic rings. The van der Waals surface area contributed by atoms with Gasteiger partial charge in [-0.25, -0.2) is 14.4 Å². The van der Waals surface area contributed by atoms with Crippen LogP contribution in [0.1, 0.15) is 49.9 Å². The fraction of sp³-hybridized carbons (Fsp3) is 0.545. The maximum atomic E-state index is 14.3. The van der Waals surface area contributed by atoms with Gasteiger partial charge in [0.1, 0.15) is 5.82 Å². The van der Waals surface area contributed by atoms with E-state index in [-0.39, 0.29) is 5.82 Å². The minimum absolute atomic E-state index is 0.173. The Labute approximate surface area is 161 Å². The molecule has 0 amide bonds. The minimum atomic E-state index is -0.173. The summed E-state index contributed by atoms with van der Waals surface area (Å²) in [6.07, 6.45) is 5.36. The highest BCUT2D eigenvalue weighted by atomic mass is 19.1. The first-order chi connectivity index (χ1) is 13.0. The van der Waals surface area contributed by atoms with Crippen molar-refractivity contribution in [3.63, 3.8) is 0 Å². The van der Waals surface area contributed by atoms with E-state index in [4.69, 9.17) is 9.97 Å². The van der Waals surface area contributed by atoms with Crippen molar-refractivity contribution in [3.8, 4) is 11.3 Å². The summed E-state index contributed by atoms with van der Waals surface area (Å²) < 4.78 is 14.3. The molecule has 2 aliphatic heterocycles. The van der Waals surface area contributed by atoms with Gasteiger partial charge in [0.25, 0.3) is 0 Å². The van der Waals surface area contributed by atoms with Crippen LogP contribution in [0.3, 0.4) is 0 Å². The molecule has 27 heavy (non-hydrogen) atoms. The van der Waals surface area contributed by atoms with Gasteiger partial charge in [-0.15, -0.1) is 0 Å². The molecule has 3 heterocycles. The normalized spacial score (nSPS) is 23.0. The number of halogens is 1. The van der Waals surface area contributed by atoms with Crippen molar-refractivity contribution < 1.29 is 4.39 Å². The summed E-state index contributed by atoms with van der Waals surface area (Å²) in [4.78, 5) is 12.4. The maximum Gasteiger partial charge on any atom is 0.226 e. The summed E-state index contributed by atoms with van der Waals surface area (Å²) in [5, 5.41) is 3.45. The molecule has 2 atom stereocenters. The molecule has 0 saturated carbocycles. The summed E-state index contributed by atoms with van der Waals surface area (Å²) in [5.41, 5.74) is 4.72. The number of rotatable bonds is 2. The Balaban J connectivity index is 1.86. The Morgan fingerprint density at radius 3 is 2.56 bits per heavy atom. The molecule has 4 rings (SSSR count). The van der Waals surface area contributed by atoms with Gasteiger partial charge >= 0.3 is 0 Å². The van der Waals surface area contributed by atoms with Crippen LogP contribution in [-0.4, -0.2) is 35.1 Å². The van der Waals surface area contributed by atoms with Gasteiger partial charge < -0.3 is 10.2 Å². The Bertz CT molecular complexity index is 825. The van der Waals surface area contributed by atoms with Crippen LogP contribution < -0.4 is 10.2 Å². The van der Waals surface area contributed by atoms with E-state index in [2.05, 4.69) is 24.1 Å². The van der Waals surface area contributed by atoms with E-state index in [0.717, 1.165) is 48.8 Å². The second-order valence-electron chi connectivity index (χ2n) is 8.05. The fourth-order valence-electron chi connectivity index (χ4n) is 4.44. The van der Waals surface area contributed by atoms with Crippen molar-refractivity contribution in [3.05, 3.63) is 40.8 Å². The van der Waals surface area contributed by atoms with Crippen LogP contribution in [0.4, 0.5) is 10.3 Å². The summed E-state index contributed by atoms with van der Waals surface area (Å²) in [5.74, 6) is 0.638. The first-order valence-corrected chi connectivity index (χ1v) is 10.2. The van der Waals surface area contributed by atoms with Crippen LogP contribution >= 0.6 is 0 Å². The number of nitrogens with zero attached hydrogens (tertiary/aromatic N) is 3. The molecule has 0 aliphatic carbocycles. The van der Waals surface area contributed by atoms with Gasteiger partial charge in [-0.3, -0.25) is 0 Å². The zero-order chi connectivity index (χ0) is 19.0. The molecule has 4 nitrogen and oxygen atoms in total. The molecular formula is C22H29FN4. The van der Waals surface area contributed by atoms with Crippen LogP contribution in [0.2, 0.25) is 0 Å². The van der Waals surface area contributed by atoms with Crippen LogP contribution in [0.5, 0.6) is 0 Å². The molecular weight excluding hydrogens is 339 g/mol. The third-order valence-electron chi connectivity index (χ3n) is 6.04. The Hall–Kier alpha value is -2.01. The van der Waals surface area contributed by atoms with Crippen molar-refractivity contribution >= 4 is 5.95 Å². The van der Waals surface area contributed by atoms with Gasteiger partial charge in [-0.05, 0) is 64.6 Å². The van der Waals surface area contributed by atoms with Crippen LogP contribution in [0.25, 0.3) is 11.3 Å². The molecule has 1 aromatic carbocycles. The van der Waals surface area contributed by atoms with Gasteiger partial charge in [-0.2, -0.15) is 0 Å². The molecule has 144 valence electrons. The number of hydrogen-bond acceptors (Lipinski definition) is 4. The highest BCUT2D eigenvalue weighted by molar-refractivity contribution is 5.66. The summed E-state index contributed by atoms with van der Waals surface area (Å²) in [6, 6.07) is 6.33. The van der Waals surface area contributed by atoms with Crippen molar-refractivity contribution in [1.82, 2.24) is 15.3 Å². The van der Waals surface area contributed by atoms with Crippen molar-refractivity contribution in [1.29, 1.82) is 0 Å². The van der Waals surface area contributed by atoms with Crippen molar-refractivity contribution in [2.24, 2.45) is 0 Å². The molecule has 0 spiro atoms. The third kappa shape index (κ3) is 3.57. The summed E-state index contributed by atoms with van der Waals surface area (Å²) in [6.45, 7) is 8.16. The average Bonchev–Trinajstić information content (AvgIpc) is 2.89. The number of fused-ring (bicyclic) bond motifs is 1. The molecule has 1 saturated heterocycles. The van der Waals surface area contributed by atoms with Crippen LogP contribution in [0, 0.1) is 12.7 Å². The number of anilines is 1. The number of piperidine rings is 1. The zero-order valence-electron chi connectivity index (χ0n) is 16.6. The van der Waals surface area contributed by atoms with E-state index in [1.165, 1.54) is 24.8 Å². The zero-order valence-corrected chi connectivity index (χ0v) is 16.6. The number of aryl methyl sites for hydroxylation is 1. The first kappa shape index (κ1) is 18.4. The van der Waals surface area contributed by atoms with E-state index < -0.39 is 0 Å². The van der Waals surface area contributed by atoms with E-state index >= 15 is 0 Å². The molecule has 0 radical (unpaired) electrons. The summed E-state index contributed by atoms with van der Waals surface area (Å²) >= 11 is 0. The lowest BCUT2D eigenvalue weighted by molar-refractivity contribution is 0.407. The third-order valence-corrected chi connectivity index (χ3v) is 6.04. The highest BCUT2D eigenvalue weighted by Gasteiger charge is 2.29. The maximum absolute atomic E-state index is 14.3. The van der Waals surface area contributed by atoms with Gasteiger partial charge in [-0.1, -0.05) is 12.1 Å². The Kier molecular flexibility index (Phi) is 5.13. The SMILES string of the molecule is Cc1ccc(-c2nc(N3C(C)CCCC3C)nc3c2CCNCC3)cc1F. The lowest BCUT2D eigenvalue weighted by Crippen LogP contribution is -2.45. The average molecular weight is 369 g/mol. The number of benzene rings is 1. The van der Waals surface area contributed by atoms with Crippen molar-refractivity contribution in [2.75, 3.05) is 18.0 Å². The smallest absolute Gasteiger partial charge is 0.226 e. The van der Waals surface area contributed by atoms with Crippen LogP contribution in [-0.2, 0) is 12.8 Å². The molecule has 1 N–H and O–H groups in total. The number of aromatic nitrogens is 2. The molecule has 0 bridgehead atoms. The predicted molar refractivity (Wildman–Crippen MR) is 108 cm³/mol. The largest absolute Gasteiger partial charge is 0.335 e. The molecule has 2 aromatic rings. The van der Waals surface area contributed by atoms with Gasteiger partial charge in [0.2, 0.25) is 5.95 Å². The number of hydrogen-bond donors (Lipinski definition) is 1. The molecule has 5 heteroatoms. The minimum Gasteiger partial charge on any atom is -0.335 e. The highest BCUT2D eigenvalue weighted by Crippen LogP contribution is 2.32. The van der Waals surface area contributed by atoms with E-state index in [1.807, 2.05) is 12.1 Å². The van der Waals surface area contributed by atoms with Gasteiger partial charge in [0.05, 0.1) is 11.4 Å². The topological polar surface area (TPSA) is 41.1 Å². The van der Waals surface area contributed by atoms with E-state index in [1.54, 1.807) is 13.0 Å². The second-order valence-corrected chi connectivity index (χ2v) is 8.05. The lowest BCUT2D eigenvalue weighted by atomic mass is 9.97. The Morgan fingerprint density at radius 2 is 1.81 bits per heavy atom. The summed E-state index contributed by atoms with van der Waals surface area (Å²) in [7, 11) is 0. The second kappa shape index (κ2) is 7.55. The van der Waals surface area contributed by atoms with Crippen LogP contribution in [0.15, 0.2) is 18.2 Å². The predicted octanol–water partition coefficient (Wildman–Crippen LogP) is 4.05. The fourth-order valence-corrected chi connectivity index (χ4v) is 4.44. The number of nitrogens with one attached hydrogen (secondary N) is 1. The Morgan fingerprint density at radius 1 is 1.07 bits per heavy atom.